The van der Waals surface area contributed by atoms with E-state index in [-0.39, 0.29) is 5.41 Å². The van der Waals surface area contributed by atoms with Gasteiger partial charge in [-0.2, -0.15) is 0 Å². The number of carbonyl (C=O) groups is 1. The lowest BCUT2D eigenvalue weighted by atomic mass is 9.72. The average Bonchev–Trinajstić information content (AvgIpc) is 2.57. The first kappa shape index (κ1) is 23.8. The second kappa shape index (κ2) is 11.0. The molecular weight excluding hydrogens is 350 g/mol. The molecule has 1 aliphatic carbocycles. The van der Waals surface area contributed by atoms with Crippen LogP contribution in [0.4, 0.5) is 0 Å². The van der Waals surface area contributed by atoms with Crippen LogP contribution in [0.5, 0.6) is 0 Å². The van der Waals surface area contributed by atoms with Gasteiger partial charge in [0.2, 0.25) is 0 Å². The summed E-state index contributed by atoms with van der Waals surface area (Å²) >= 11 is 0. The Bertz CT molecular complexity index is 731. The molecule has 2 unspecified atom stereocenters. The summed E-state index contributed by atoms with van der Waals surface area (Å²) in [6.07, 6.45) is 16.2. The molecule has 0 saturated carbocycles. The highest BCUT2D eigenvalue weighted by Gasteiger charge is 2.26. The summed E-state index contributed by atoms with van der Waals surface area (Å²) in [6, 6.07) is -1.14. The smallest absolute Gasteiger partial charge is 0.331 e. The Morgan fingerprint density at radius 2 is 1.82 bits per heavy atom. The minimum Gasteiger partial charge on any atom is -0.480 e. The van der Waals surface area contributed by atoms with Crippen molar-refractivity contribution in [1.82, 2.24) is 0 Å². The highest BCUT2D eigenvalue weighted by Crippen LogP contribution is 2.40. The van der Waals surface area contributed by atoms with E-state index in [2.05, 4.69) is 44.8 Å². The van der Waals surface area contributed by atoms with Crippen molar-refractivity contribution in [2.45, 2.75) is 73.0 Å². The van der Waals surface area contributed by atoms with Crippen molar-refractivity contribution in [2.24, 2.45) is 10.4 Å². The Balaban J connectivity index is 2.74. The number of nitrogens with zero attached hydrogens (tertiary/aromatic N) is 1. The SMILES string of the molecule is CC1=C(/C=C/C(C)=C/C=C/C(C)=C/C=NC(C(=O)O)C(C)O)C(C)(C)CCC1. The van der Waals surface area contributed by atoms with Gasteiger partial charge in [-0.15, -0.1) is 0 Å². The van der Waals surface area contributed by atoms with Gasteiger partial charge in [0.05, 0.1) is 6.10 Å². The summed E-state index contributed by atoms with van der Waals surface area (Å²) in [5, 5.41) is 18.4. The number of aliphatic hydroxyl groups excluding tert-OH is 1. The van der Waals surface area contributed by atoms with Gasteiger partial charge in [-0.05, 0) is 69.6 Å². The third-order valence-corrected chi connectivity index (χ3v) is 5.07. The van der Waals surface area contributed by atoms with Gasteiger partial charge in [0.25, 0.3) is 0 Å². The fourth-order valence-electron chi connectivity index (χ4n) is 3.34. The Morgan fingerprint density at radius 1 is 1.18 bits per heavy atom. The molecule has 0 aromatic rings. The van der Waals surface area contributed by atoms with Crippen molar-refractivity contribution in [2.75, 3.05) is 0 Å². The molecular formula is C24H35NO3. The number of carboxylic acid groups (broad SMARTS) is 1. The molecule has 1 aliphatic rings. The monoisotopic (exact) mass is 385 g/mol. The van der Waals surface area contributed by atoms with Crippen LogP contribution in [0.25, 0.3) is 0 Å². The third-order valence-electron chi connectivity index (χ3n) is 5.07. The first-order valence-corrected chi connectivity index (χ1v) is 9.89. The summed E-state index contributed by atoms with van der Waals surface area (Å²) in [5.74, 6) is -1.13. The van der Waals surface area contributed by atoms with E-state index in [9.17, 15) is 9.90 Å². The summed E-state index contributed by atoms with van der Waals surface area (Å²) in [7, 11) is 0. The minimum atomic E-state index is -1.14. The molecule has 0 aromatic carbocycles. The second-order valence-electron chi connectivity index (χ2n) is 8.27. The molecule has 4 nitrogen and oxygen atoms in total. The van der Waals surface area contributed by atoms with Crippen LogP contribution in [0.3, 0.4) is 0 Å². The molecule has 0 amide bonds. The van der Waals surface area contributed by atoms with Gasteiger partial charge in [-0.3, -0.25) is 4.99 Å². The van der Waals surface area contributed by atoms with Crippen LogP contribution in [-0.4, -0.2) is 34.5 Å². The van der Waals surface area contributed by atoms with Gasteiger partial charge >= 0.3 is 5.97 Å². The summed E-state index contributed by atoms with van der Waals surface area (Å²) in [6.45, 7) is 12.3. The zero-order valence-corrected chi connectivity index (χ0v) is 18.1. The lowest BCUT2D eigenvalue weighted by Crippen LogP contribution is -2.29. The highest BCUT2D eigenvalue weighted by atomic mass is 16.4. The van der Waals surface area contributed by atoms with E-state index in [0.29, 0.717) is 0 Å². The molecule has 0 bridgehead atoms. The van der Waals surface area contributed by atoms with Crippen LogP contribution in [0, 0.1) is 5.41 Å². The normalized spacial score (nSPS) is 21.1. The van der Waals surface area contributed by atoms with Gasteiger partial charge in [-0.1, -0.05) is 55.4 Å². The number of carboxylic acids is 1. The molecule has 0 spiro atoms. The molecule has 0 heterocycles. The number of hydrogen-bond acceptors (Lipinski definition) is 3. The van der Waals surface area contributed by atoms with Crippen LogP contribution in [0.15, 0.2) is 63.7 Å². The Kier molecular flexibility index (Phi) is 9.33. The van der Waals surface area contributed by atoms with Crippen molar-refractivity contribution in [3.63, 3.8) is 0 Å². The molecule has 0 fully saturated rings. The number of aliphatic imine (C=N–C) groups is 1. The molecule has 1 rings (SSSR count). The van der Waals surface area contributed by atoms with E-state index in [0.717, 1.165) is 5.57 Å². The molecule has 0 radical (unpaired) electrons. The second-order valence-corrected chi connectivity index (χ2v) is 8.27. The first-order valence-electron chi connectivity index (χ1n) is 9.89. The zero-order chi connectivity index (χ0) is 21.3. The van der Waals surface area contributed by atoms with Gasteiger partial charge in [0.1, 0.15) is 0 Å². The predicted molar refractivity (Wildman–Crippen MR) is 118 cm³/mol. The van der Waals surface area contributed by atoms with Crippen LogP contribution in [0.2, 0.25) is 0 Å². The first-order chi connectivity index (χ1) is 13.0. The van der Waals surface area contributed by atoms with Crippen molar-refractivity contribution in [1.29, 1.82) is 0 Å². The van der Waals surface area contributed by atoms with Crippen LogP contribution in [0.1, 0.15) is 60.8 Å². The van der Waals surface area contributed by atoms with Crippen molar-refractivity contribution in [3.05, 3.63) is 58.7 Å². The van der Waals surface area contributed by atoms with Crippen molar-refractivity contribution >= 4 is 12.2 Å². The maximum absolute atomic E-state index is 11.0. The maximum Gasteiger partial charge on any atom is 0.331 e. The van der Waals surface area contributed by atoms with Gasteiger partial charge in [0, 0.05) is 6.21 Å². The summed E-state index contributed by atoms with van der Waals surface area (Å²) < 4.78 is 0. The standard InChI is InChI=1S/C24H35NO3/c1-17(12-13-21-19(3)11-8-15-24(21,5)6)9-7-10-18(2)14-16-25-22(20(4)26)23(27)28/h7,9-10,12-14,16,20,22,26H,8,11,15H2,1-6H3,(H,27,28)/b10-7+,13-12+,17-9+,18-14+,25-16?. The fraction of sp³-hybridized carbons (Fsp3) is 0.500. The highest BCUT2D eigenvalue weighted by molar-refractivity contribution is 5.80. The number of hydrogen-bond donors (Lipinski definition) is 2. The topological polar surface area (TPSA) is 69.9 Å². The van der Waals surface area contributed by atoms with E-state index in [1.165, 1.54) is 49.1 Å². The molecule has 2 atom stereocenters. The molecule has 28 heavy (non-hydrogen) atoms. The number of aliphatic carboxylic acids is 1. The molecule has 0 saturated heterocycles. The van der Waals surface area contributed by atoms with Crippen LogP contribution in [-0.2, 0) is 4.79 Å². The lowest BCUT2D eigenvalue weighted by molar-refractivity contribution is -0.140. The van der Waals surface area contributed by atoms with Crippen molar-refractivity contribution in [3.8, 4) is 0 Å². The third kappa shape index (κ3) is 7.81. The van der Waals surface area contributed by atoms with Gasteiger partial charge in [-0.25, -0.2) is 4.79 Å². The van der Waals surface area contributed by atoms with Crippen molar-refractivity contribution < 1.29 is 15.0 Å². The van der Waals surface area contributed by atoms with E-state index >= 15 is 0 Å². The van der Waals surface area contributed by atoms with E-state index in [1.54, 1.807) is 6.08 Å². The Hall–Kier alpha value is -2.20. The number of rotatable bonds is 8. The van der Waals surface area contributed by atoms with Crippen LogP contribution >= 0.6 is 0 Å². The summed E-state index contributed by atoms with van der Waals surface area (Å²) in [5.41, 5.74) is 5.30. The van der Waals surface area contributed by atoms with Gasteiger partial charge in [0.15, 0.2) is 6.04 Å². The molecule has 4 heteroatoms. The van der Waals surface area contributed by atoms with Gasteiger partial charge < -0.3 is 10.2 Å². The predicted octanol–water partition coefficient (Wildman–Crippen LogP) is 5.42. The van der Waals surface area contributed by atoms with E-state index in [1.807, 2.05) is 25.2 Å². The zero-order valence-electron chi connectivity index (χ0n) is 18.1. The van der Waals surface area contributed by atoms with E-state index < -0.39 is 18.1 Å². The Morgan fingerprint density at radius 3 is 2.39 bits per heavy atom. The average molecular weight is 386 g/mol. The maximum atomic E-state index is 11.0. The largest absolute Gasteiger partial charge is 0.480 e. The molecule has 0 aliphatic heterocycles. The quantitative estimate of drug-likeness (QED) is 0.433. The fourth-order valence-corrected chi connectivity index (χ4v) is 3.34. The molecule has 2 N–H and O–H groups in total. The lowest BCUT2D eigenvalue weighted by Gasteiger charge is -2.32. The van der Waals surface area contributed by atoms with Crippen LogP contribution < -0.4 is 0 Å². The molecule has 0 aromatic heterocycles. The molecule has 154 valence electrons. The van der Waals surface area contributed by atoms with E-state index in [4.69, 9.17) is 5.11 Å². The number of allylic oxidation sites excluding steroid dienone is 10. The number of aliphatic hydroxyl groups is 1. The summed E-state index contributed by atoms with van der Waals surface area (Å²) in [4.78, 5) is 14.9. The minimum absolute atomic E-state index is 0.244. The Labute approximate surface area is 169 Å².